The lowest BCUT2D eigenvalue weighted by molar-refractivity contribution is -0.134. The number of anilines is 1. The number of benzene rings is 2. The third kappa shape index (κ3) is 5.91. The van der Waals surface area contributed by atoms with Gasteiger partial charge in [0.1, 0.15) is 17.2 Å². The lowest BCUT2D eigenvalue weighted by Crippen LogP contribution is -2.45. The summed E-state index contributed by atoms with van der Waals surface area (Å²) >= 11 is 1.33. The van der Waals surface area contributed by atoms with Crippen molar-refractivity contribution >= 4 is 40.5 Å². The summed E-state index contributed by atoms with van der Waals surface area (Å²) in [5.41, 5.74) is 1.81. The van der Waals surface area contributed by atoms with E-state index in [1.165, 1.54) is 11.8 Å². The molecule has 9 heteroatoms. The van der Waals surface area contributed by atoms with E-state index in [1.807, 2.05) is 67.3 Å². The highest BCUT2D eigenvalue weighted by Crippen LogP contribution is 2.33. The van der Waals surface area contributed by atoms with E-state index < -0.39 is 0 Å². The van der Waals surface area contributed by atoms with Crippen LogP contribution >= 0.6 is 11.8 Å². The maximum Gasteiger partial charge on any atom is 0.283 e. The molecule has 0 N–H and O–H groups in total. The van der Waals surface area contributed by atoms with Crippen LogP contribution in [0.2, 0.25) is 0 Å². The number of carbonyl (C=O) groups excluding carboxylic acids is 2. The van der Waals surface area contributed by atoms with Gasteiger partial charge in [-0.05, 0) is 61.4 Å². The van der Waals surface area contributed by atoms with Gasteiger partial charge in [-0.3, -0.25) is 14.5 Å². The number of morpholine rings is 1. The predicted molar refractivity (Wildman–Crippen MR) is 143 cm³/mol. The summed E-state index contributed by atoms with van der Waals surface area (Å²) in [6.07, 6.45) is 2.37. The molecule has 2 aromatic carbocycles. The topological polar surface area (TPSA) is 80.7 Å². The summed E-state index contributed by atoms with van der Waals surface area (Å²) in [5, 5.41) is 0.123. The minimum Gasteiger partial charge on any atom is -0.497 e. The van der Waals surface area contributed by atoms with Gasteiger partial charge in [0, 0.05) is 13.1 Å². The first kappa shape index (κ1) is 25.8. The second kappa shape index (κ2) is 12.1. The first-order valence-electron chi connectivity index (χ1n) is 12.1. The molecule has 36 heavy (non-hydrogen) atoms. The number of aliphatic imine (C=N–C) groups is 1. The van der Waals surface area contributed by atoms with Crippen molar-refractivity contribution in [3.63, 3.8) is 0 Å². The zero-order valence-electron chi connectivity index (χ0n) is 20.8. The minimum absolute atomic E-state index is 0.0418. The van der Waals surface area contributed by atoms with Crippen molar-refractivity contribution in [3.05, 3.63) is 59.8 Å². The maximum absolute atomic E-state index is 13.6. The van der Waals surface area contributed by atoms with Gasteiger partial charge in [-0.2, -0.15) is 0 Å². The van der Waals surface area contributed by atoms with Gasteiger partial charge in [0.15, 0.2) is 5.17 Å². The van der Waals surface area contributed by atoms with Gasteiger partial charge in [-0.25, -0.2) is 4.99 Å². The number of carbonyl (C=O) groups is 2. The van der Waals surface area contributed by atoms with Crippen molar-refractivity contribution in [1.29, 1.82) is 0 Å². The van der Waals surface area contributed by atoms with Gasteiger partial charge in [-0.1, -0.05) is 30.8 Å². The molecule has 0 saturated carbocycles. The number of rotatable bonds is 8. The Balaban J connectivity index is 1.64. The van der Waals surface area contributed by atoms with Gasteiger partial charge >= 0.3 is 0 Å². The molecular weight excluding hydrogens is 478 g/mol. The molecule has 2 aliphatic heterocycles. The molecule has 0 aromatic heterocycles. The number of ether oxygens (including phenoxy) is 3. The van der Waals surface area contributed by atoms with Crippen molar-refractivity contribution in [2.45, 2.75) is 25.5 Å². The molecule has 2 heterocycles. The third-order valence-electron chi connectivity index (χ3n) is 5.87. The van der Waals surface area contributed by atoms with Crippen LogP contribution in [0, 0.1) is 0 Å². The normalized spacial score (nSPS) is 17.8. The molecule has 0 bridgehead atoms. The molecule has 190 valence electrons. The summed E-state index contributed by atoms with van der Waals surface area (Å²) in [6, 6.07) is 14.7. The first-order valence-corrected chi connectivity index (χ1v) is 13.0. The van der Waals surface area contributed by atoms with Crippen molar-refractivity contribution in [1.82, 2.24) is 4.90 Å². The second-order valence-electron chi connectivity index (χ2n) is 8.22. The van der Waals surface area contributed by atoms with Crippen LogP contribution in [0.4, 0.5) is 5.69 Å². The van der Waals surface area contributed by atoms with Crippen LogP contribution in [0.1, 0.15) is 25.8 Å². The van der Waals surface area contributed by atoms with Crippen LogP contribution in [0.5, 0.6) is 11.5 Å². The Bertz CT molecular complexity index is 1130. The Morgan fingerprint density at radius 3 is 2.36 bits per heavy atom. The molecule has 1 unspecified atom stereocenters. The van der Waals surface area contributed by atoms with Crippen molar-refractivity contribution in [2.24, 2.45) is 4.99 Å². The number of hydrogen-bond acceptors (Lipinski definition) is 7. The quantitative estimate of drug-likeness (QED) is 0.496. The van der Waals surface area contributed by atoms with E-state index in [1.54, 1.807) is 18.1 Å². The number of amides is 2. The van der Waals surface area contributed by atoms with E-state index in [0.717, 1.165) is 17.1 Å². The number of nitrogens with zero attached hydrogens (tertiary/aromatic N) is 3. The molecule has 1 saturated heterocycles. The van der Waals surface area contributed by atoms with E-state index >= 15 is 0 Å². The van der Waals surface area contributed by atoms with Crippen LogP contribution < -0.4 is 14.4 Å². The minimum atomic E-state index is -0.361. The Labute approximate surface area is 215 Å². The zero-order valence-corrected chi connectivity index (χ0v) is 21.6. The molecule has 0 radical (unpaired) electrons. The van der Waals surface area contributed by atoms with Crippen molar-refractivity contribution < 1.29 is 23.8 Å². The summed E-state index contributed by atoms with van der Waals surface area (Å²) in [4.78, 5) is 34.9. The first-order chi connectivity index (χ1) is 17.5. The Kier molecular flexibility index (Phi) is 8.66. The summed E-state index contributed by atoms with van der Waals surface area (Å²) in [5.74, 6) is 1.26. The maximum atomic E-state index is 13.6. The van der Waals surface area contributed by atoms with E-state index in [9.17, 15) is 9.59 Å². The predicted octanol–water partition coefficient (Wildman–Crippen LogP) is 4.21. The van der Waals surface area contributed by atoms with Crippen LogP contribution in [0.15, 0.2) is 59.2 Å². The fourth-order valence-corrected chi connectivity index (χ4v) is 5.06. The third-order valence-corrected chi connectivity index (χ3v) is 7.18. The average molecular weight is 510 g/mol. The Morgan fingerprint density at radius 2 is 1.75 bits per heavy atom. The standard InChI is InChI=1S/C27H31N3O5S/c1-4-24(26(32)29-14-16-34-17-15-29)36-27-28-23(18-19-6-10-21(33-3)11-7-19)25(31)30(27)20-8-12-22(13-9-20)35-5-2/h6-13,18,24H,4-5,14-17H2,1-3H3/b23-18-. The monoisotopic (exact) mass is 509 g/mol. The van der Waals surface area contributed by atoms with E-state index in [0.29, 0.717) is 55.9 Å². The zero-order chi connectivity index (χ0) is 25.5. The van der Waals surface area contributed by atoms with Gasteiger partial charge in [0.05, 0.1) is 37.9 Å². The largest absolute Gasteiger partial charge is 0.497 e. The molecular formula is C27H31N3O5S. The Hall–Kier alpha value is -3.30. The number of thioether (sulfide) groups is 1. The van der Waals surface area contributed by atoms with Crippen LogP contribution in [0.3, 0.4) is 0 Å². The fourth-order valence-electron chi connectivity index (χ4n) is 3.94. The van der Waals surface area contributed by atoms with E-state index in [2.05, 4.69) is 0 Å². The van der Waals surface area contributed by atoms with E-state index in [4.69, 9.17) is 19.2 Å². The smallest absolute Gasteiger partial charge is 0.283 e. The average Bonchev–Trinajstić information content (AvgIpc) is 3.22. The van der Waals surface area contributed by atoms with Crippen molar-refractivity contribution in [3.8, 4) is 11.5 Å². The summed E-state index contributed by atoms with van der Waals surface area (Å²) in [7, 11) is 1.61. The van der Waals surface area contributed by atoms with E-state index in [-0.39, 0.29) is 17.1 Å². The van der Waals surface area contributed by atoms with Crippen LogP contribution in [0.25, 0.3) is 6.08 Å². The van der Waals surface area contributed by atoms with Crippen LogP contribution in [-0.4, -0.2) is 67.2 Å². The molecule has 2 aliphatic rings. The fraction of sp³-hybridized carbons (Fsp3) is 0.370. The lowest BCUT2D eigenvalue weighted by atomic mass is 10.2. The highest BCUT2D eigenvalue weighted by Gasteiger charge is 2.36. The molecule has 1 atom stereocenters. The SMILES string of the molecule is CCOc1ccc(N2C(=O)/C(=C/c3ccc(OC)cc3)N=C2SC(CC)C(=O)N2CCOCC2)cc1. The molecule has 0 aliphatic carbocycles. The summed E-state index contributed by atoms with van der Waals surface area (Å²) in [6.45, 7) is 6.69. The molecule has 2 aromatic rings. The number of hydrogen-bond donors (Lipinski definition) is 0. The molecule has 4 rings (SSSR count). The van der Waals surface area contributed by atoms with Crippen LogP contribution in [-0.2, 0) is 14.3 Å². The Morgan fingerprint density at radius 1 is 1.08 bits per heavy atom. The van der Waals surface area contributed by atoms with Gasteiger partial charge in [0.25, 0.3) is 5.91 Å². The van der Waals surface area contributed by atoms with Crippen molar-refractivity contribution in [2.75, 3.05) is 44.9 Å². The molecule has 1 fully saturated rings. The van der Waals surface area contributed by atoms with Gasteiger partial charge < -0.3 is 19.1 Å². The van der Waals surface area contributed by atoms with Gasteiger partial charge in [-0.15, -0.1) is 0 Å². The highest BCUT2D eigenvalue weighted by molar-refractivity contribution is 8.15. The second-order valence-corrected chi connectivity index (χ2v) is 9.39. The highest BCUT2D eigenvalue weighted by atomic mass is 32.2. The van der Waals surface area contributed by atoms with Gasteiger partial charge in [0.2, 0.25) is 5.91 Å². The number of amidine groups is 1. The molecule has 2 amide bonds. The molecule has 8 nitrogen and oxygen atoms in total. The molecule has 0 spiro atoms. The lowest BCUT2D eigenvalue weighted by Gasteiger charge is -2.30. The summed E-state index contributed by atoms with van der Waals surface area (Å²) < 4.78 is 16.2. The number of methoxy groups -OCH3 is 1.